The van der Waals surface area contributed by atoms with Crippen molar-refractivity contribution >= 4 is 23.8 Å². The van der Waals surface area contributed by atoms with Crippen LogP contribution in [0.5, 0.6) is 0 Å². The lowest BCUT2D eigenvalue weighted by Crippen LogP contribution is -1.87. The molecule has 0 unspecified atom stereocenters. The van der Waals surface area contributed by atoms with Crippen molar-refractivity contribution in [3.8, 4) is 0 Å². The fourth-order valence-electron chi connectivity index (χ4n) is 2.83. The molecule has 0 atom stereocenters. The molecule has 2 nitrogen and oxygen atoms in total. The normalized spacial score (nSPS) is 11.1. The predicted octanol–water partition coefficient (Wildman–Crippen LogP) is 7.99. The first-order valence-electron chi connectivity index (χ1n) is 9.98. The van der Waals surface area contributed by atoms with Crippen LogP contribution in [0.15, 0.2) is 82.8 Å². The lowest BCUT2D eigenvalue weighted by atomic mass is 10.2. The van der Waals surface area contributed by atoms with Gasteiger partial charge in [0.05, 0.1) is 11.4 Å². The Kier molecular flexibility index (Phi) is 8.66. The van der Waals surface area contributed by atoms with E-state index in [2.05, 4.69) is 9.98 Å². The molecule has 0 bridgehead atoms. The standard InChI is InChI=1S/2C13H7F4N/c2*14-9-1-8(2-10(15)3-9)7-18-13-5-11(16)4-12(17)6-13/h2*1-7H. The van der Waals surface area contributed by atoms with Crippen molar-refractivity contribution in [1.29, 1.82) is 0 Å². The molecule has 0 heterocycles. The lowest BCUT2D eigenvalue weighted by Gasteiger charge is -1.97. The highest BCUT2D eigenvalue weighted by Gasteiger charge is 2.02. The Morgan fingerprint density at radius 2 is 0.556 bits per heavy atom. The predicted molar refractivity (Wildman–Crippen MR) is 120 cm³/mol. The molecule has 0 aromatic heterocycles. The zero-order valence-corrected chi connectivity index (χ0v) is 18.0. The molecule has 4 aromatic carbocycles. The summed E-state index contributed by atoms with van der Waals surface area (Å²) < 4.78 is 103. The zero-order valence-electron chi connectivity index (χ0n) is 18.0. The van der Waals surface area contributed by atoms with Crippen LogP contribution < -0.4 is 0 Å². The van der Waals surface area contributed by atoms with E-state index < -0.39 is 46.5 Å². The van der Waals surface area contributed by atoms with Gasteiger partial charge in [0.15, 0.2) is 0 Å². The number of hydrogen-bond donors (Lipinski definition) is 0. The van der Waals surface area contributed by atoms with Crippen molar-refractivity contribution in [2.45, 2.75) is 0 Å². The minimum absolute atomic E-state index is 0.0252. The van der Waals surface area contributed by atoms with Crippen molar-refractivity contribution in [3.05, 3.63) is 130 Å². The highest BCUT2D eigenvalue weighted by Crippen LogP contribution is 2.17. The zero-order chi connectivity index (χ0) is 26.2. The van der Waals surface area contributed by atoms with Gasteiger partial charge in [-0.3, -0.25) is 9.98 Å². The van der Waals surface area contributed by atoms with E-state index in [1.54, 1.807) is 0 Å². The summed E-state index contributed by atoms with van der Waals surface area (Å²) >= 11 is 0. The van der Waals surface area contributed by atoms with Crippen LogP contribution in [0.25, 0.3) is 0 Å². The van der Waals surface area contributed by atoms with Crippen molar-refractivity contribution in [2.75, 3.05) is 0 Å². The van der Waals surface area contributed by atoms with Gasteiger partial charge in [-0.15, -0.1) is 0 Å². The molecule has 0 aliphatic rings. The minimum atomic E-state index is -0.771. The molecule has 0 radical (unpaired) electrons. The molecule has 184 valence electrons. The van der Waals surface area contributed by atoms with E-state index in [0.29, 0.717) is 12.1 Å². The molecule has 10 heteroatoms. The van der Waals surface area contributed by atoms with Crippen LogP contribution in [-0.2, 0) is 0 Å². The van der Waals surface area contributed by atoms with Gasteiger partial charge in [-0.1, -0.05) is 0 Å². The van der Waals surface area contributed by atoms with Crippen molar-refractivity contribution < 1.29 is 35.1 Å². The van der Waals surface area contributed by atoms with E-state index in [1.807, 2.05) is 0 Å². The minimum Gasteiger partial charge on any atom is -0.256 e. The number of aliphatic imine (C=N–C) groups is 2. The summed E-state index contributed by atoms with van der Waals surface area (Å²) in [4.78, 5) is 7.48. The Hall–Kier alpha value is -4.34. The summed E-state index contributed by atoms with van der Waals surface area (Å²) in [7, 11) is 0. The van der Waals surface area contributed by atoms with E-state index in [1.165, 1.54) is 0 Å². The second-order valence-electron chi connectivity index (χ2n) is 7.18. The quantitative estimate of drug-likeness (QED) is 0.198. The van der Waals surface area contributed by atoms with Gasteiger partial charge in [-0.25, -0.2) is 35.1 Å². The topological polar surface area (TPSA) is 24.7 Å². The molecule has 0 amide bonds. The van der Waals surface area contributed by atoms with E-state index in [-0.39, 0.29) is 22.5 Å². The third-order valence-electron chi connectivity index (χ3n) is 4.19. The third kappa shape index (κ3) is 8.46. The van der Waals surface area contributed by atoms with Gasteiger partial charge in [-0.2, -0.15) is 0 Å². The van der Waals surface area contributed by atoms with E-state index in [0.717, 1.165) is 73.1 Å². The molecule has 0 saturated heterocycles. The van der Waals surface area contributed by atoms with Gasteiger partial charge >= 0.3 is 0 Å². The molecule has 0 N–H and O–H groups in total. The molecular formula is C26H14F8N2. The fraction of sp³-hybridized carbons (Fsp3) is 0. The van der Waals surface area contributed by atoms with Crippen LogP contribution in [-0.4, -0.2) is 12.4 Å². The maximum atomic E-state index is 12.9. The number of benzene rings is 4. The van der Waals surface area contributed by atoms with Crippen LogP contribution >= 0.6 is 0 Å². The smallest absolute Gasteiger partial charge is 0.128 e. The second kappa shape index (κ2) is 11.9. The number of hydrogen-bond acceptors (Lipinski definition) is 2. The maximum absolute atomic E-state index is 12.9. The summed E-state index contributed by atoms with van der Waals surface area (Å²) in [6, 6.07) is 11.1. The Balaban J connectivity index is 0.000000201. The Labute approximate surface area is 199 Å². The molecule has 0 saturated carbocycles. The summed E-state index contributed by atoms with van der Waals surface area (Å²) in [5.41, 5.74) is 0.378. The summed E-state index contributed by atoms with van der Waals surface area (Å²) in [5.74, 6) is -6.08. The van der Waals surface area contributed by atoms with Crippen LogP contribution in [0, 0.1) is 46.5 Å². The highest BCUT2D eigenvalue weighted by atomic mass is 19.2. The highest BCUT2D eigenvalue weighted by molar-refractivity contribution is 5.82. The van der Waals surface area contributed by atoms with Crippen molar-refractivity contribution in [3.63, 3.8) is 0 Å². The summed E-state index contributed by atoms with van der Waals surface area (Å²) in [5, 5.41) is 0. The Morgan fingerprint density at radius 1 is 0.333 bits per heavy atom. The fourth-order valence-corrected chi connectivity index (χ4v) is 2.83. The molecule has 4 rings (SSSR count). The first-order chi connectivity index (χ1) is 17.0. The molecule has 4 aromatic rings. The van der Waals surface area contributed by atoms with Crippen molar-refractivity contribution in [2.24, 2.45) is 9.98 Å². The van der Waals surface area contributed by atoms with E-state index in [4.69, 9.17) is 0 Å². The number of rotatable bonds is 4. The third-order valence-corrected chi connectivity index (χ3v) is 4.19. The first-order valence-corrected chi connectivity index (χ1v) is 9.98. The monoisotopic (exact) mass is 506 g/mol. The van der Waals surface area contributed by atoms with Crippen LogP contribution in [0.3, 0.4) is 0 Å². The largest absolute Gasteiger partial charge is 0.256 e. The van der Waals surface area contributed by atoms with Gasteiger partial charge in [-0.05, 0) is 59.7 Å². The average molecular weight is 506 g/mol. The summed E-state index contributed by atoms with van der Waals surface area (Å²) in [6.45, 7) is 0. The molecular weight excluding hydrogens is 492 g/mol. The van der Waals surface area contributed by atoms with Crippen LogP contribution in [0.1, 0.15) is 11.1 Å². The van der Waals surface area contributed by atoms with Gasteiger partial charge < -0.3 is 0 Å². The molecule has 36 heavy (non-hydrogen) atoms. The molecule has 0 aliphatic carbocycles. The van der Waals surface area contributed by atoms with Crippen molar-refractivity contribution in [1.82, 2.24) is 0 Å². The maximum Gasteiger partial charge on any atom is 0.128 e. The van der Waals surface area contributed by atoms with Gasteiger partial charge in [0.2, 0.25) is 0 Å². The first kappa shape index (κ1) is 26.3. The average Bonchev–Trinajstić information content (AvgIpc) is 2.74. The SMILES string of the molecule is Fc1cc(F)cc(C=Nc2cc(F)cc(F)c2)c1.Fc1cc(F)cc(C=Nc2cc(F)cc(F)c2)c1. The van der Waals surface area contributed by atoms with Gasteiger partial charge in [0.25, 0.3) is 0 Å². The van der Waals surface area contributed by atoms with E-state index in [9.17, 15) is 35.1 Å². The number of nitrogens with zero attached hydrogens (tertiary/aromatic N) is 2. The summed E-state index contributed by atoms with van der Waals surface area (Å²) in [6.07, 6.45) is 2.25. The molecule has 0 spiro atoms. The Morgan fingerprint density at radius 3 is 0.806 bits per heavy atom. The lowest BCUT2D eigenvalue weighted by molar-refractivity contribution is 0.582. The second-order valence-corrected chi connectivity index (χ2v) is 7.18. The van der Waals surface area contributed by atoms with Gasteiger partial charge in [0, 0.05) is 36.7 Å². The van der Waals surface area contributed by atoms with Gasteiger partial charge in [0.1, 0.15) is 46.5 Å². The van der Waals surface area contributed by atoms with Crippen LogP contribution in [0.4, 0.5) is 46.5 Å². The van der Waals surface area contributed by atoms with Crippen LogP contribution in [0.2, 0.25) is 0 Å². The molecule has 0 aliphatic heterocycles. The van der Waals surface area contributed by atoms with E-state index >= 15 is 0 Å². The number of halogens is 8. The molecule has 0 fully saturated rings. The Bertz CT molecular complexity index is 1140.